The number of carboxylic acids is 1. The smallest absolute Gasteiger partial charge is 0.343 e. The van der Waals surface area contributed by atoms with Gasteiger partial charge in [0.05, 0.1) is 17.7 Å². The van der Waals surface area contributed by atoms with Gasteiger partial charge < -0.3 is 76.8 Å². The Morgan fingerprint density at radius 1 is 0.780 bits per heavy atom. The molecule has 1 unspecified atom stereocenters. The average Bonchev–Trinajstić information content (AvgIpc) is 2.89. The number of aromatic hydroxyl groups is 8. The van der Waals surface area contributed by atoms with Crippen LogP contribution in [0.25, 0.3) is 11.1 Å². The van der Waals surface area contributed by atoms with Gasteiger partial charge in [0.15, 0.2) is 28.7 Å². The highest BCUT2D eigenvalue weighted by molar-refractivity contribution is 6.30. The van der Waals surface area contributed by atoms with E-state index in [4.69, 9.17) is 11.6 Å². The third kappa shape index (κ3) is 5.67. The van der Waals surface area contributed by atoms with Gasteiger partial charge in [-0.3, -0.25) is 5.32 Å². The van der Waals surface area contributed by atoms with Crippen molar-refractivity contribution in [3.05, 3.63) is 40.4 Å². The van der Waals surface area contributed by atoms with Gasteiger partial charge in [-0.05, 0) is 17.7 Å². The molecule has 0 radical (unpaired) electrons. The van der Waals surface area contributed by atoms with Crippen molar-refractivity contribution in [1.82, 2.24) is 5.32 Å². The molecule has 222 valence electrons. The molecule has 0 amide bonds. The quantitative estimate of drug-likeness (QED) is 0.0822. The molecule has 1 atom stereocenters. The van der Waals surface area contributed by atoms with Crippen molar-refractivity contribution in [1.29, 1.82) is 0 Å². The van der Waals surface area contributed by atoms with E-state index >= 15 is 0 Å². The Bertz CT molecular complexity index is 1530. The maximum atomic E-state index is 11.5. The molecule has 0 bridgehead atoms. The molecule has 3 aromatic carbocycles. The van der Waals surface area contributed by atoms with Gasteiger partial charge in [0.1, 0.15) is 23.1 Å². The molecule has 0 aliphatic carbocycles. The summed E-state index contributed by atoms with van der Waals surface area (Å²) in [6.07, 6.45) is -2.13. The number of hydrogen-bond donors (Lipinski definition) is 16. The highest BCUT2D eigenvalue weighted by Gasteiger charge is 2.39. The van der Waals surface area contributed by atoms with Crippen molar-refractivity contribution >= 4 is 23.3 Å². The number of carbonyl (C=O) groups is 1. The van der Waals surface area contributed by atoms with Crippen molar-refractivity contribution in [3.63, 3.8) is 0 Å². The molecule has 17 nitrogen and oxygen atoms in total. The predicted molar refractivity (Wildman–Crippen MR) is 135 cm³/mol. The first-order chi connectivity index (χ1) is 18.8. The molecule has 3 aromatic rings. The number of benzene rings is 3. The first-order valence-electron chi connectivity index (χ1n) is 10.9. The van der Waals surface area contributed by atoms with E-state index in [-0.39, 0.29) is 10.6 Å². The average molecular weight is 603 g/mol. The molecule has 0 saturated carbocycles. The zero-order valence-electron chi connectivity index (χ0n) is 20.1. The Morgan fingerprint density at radius 2 is 1.32 bits per heavy atom. The summed E-state index contributed by atoms with van der Waals surface area (Å²) in [5, 5.41) is 146. The second-order valence-electron chi connectivity index (χ2n) is 8.57. The van der Waals surface area contributed by atoms with E-state index in [1.807, 2.05) is 0 Å². The zero-order valence-corrected chi connectivity index (χ0v) is 20.9. The van der Waals surface area contributed by atoms with E-state index < -0.39 is 98.8 Å². The number of halogens is 1. The minimum absolute atomic E-state index is 0.112. The zero-order chi connectivity index (χ0) is 31.2. The lowest BCUT2D eigenvalue weighted by molar-refractivity contribution is -0.260. The summed E-state index contributed by atoms with van der Waals surface area (Å²) in [5.41, 5.74) is -5.43. The summed E-state index contributed by atoms with van der Waals surface area (Å²) in [4.78, 5) is 11.5. The standard InChI is InChI=1S/C23H23ClN2O15/c24-7-3-1-2-6(4-7)20(35)23(40,41)25-5-22(38,39)26-11-13(28)9(15(30)19(34)17(11)32)8-12(27)10(21(36)37)16(31)18(33)14(8)29/h1-4,20,25-35,38-41H,5H2,(H,36,37). The summed E-state index contributed by atoms with van der Waals surface area (Å²) >= 11 is 5.79. The van der Waals surface area contributed by atoms with Crippen LogP contribution >= 0.6 is 11.6 Å². The van der Waals surface area contributed by atoms with Crippen molar-refractivity contribution < 1.29 is 76.3 Å². The Labute approximate surface area is 232 Å². The summed E-state index contributed by atoms with van der Waals surface area (Å²) in [5.74, 6) is -21.0. The van der Waals surface area contributed by atoms with Gasteiger partial charge in [-0.2, -0.15) is 0 Å². The van der Waals surface area contributed by atoms with Crippen LogP contribution < -0.4 is 10.6 Å². The van der Waals surface area contributed by atoms with E-state index in [2.05, 4.69) is 0 Å². The van der Waals surface area contributed by atoms with Crippen LogP contribution in [0.1, 0.15) is 22.0 Å². The number of phenolic OH excluding ortho intramolecular Hbond substituents is 6. The number of rotatable bonds is 9. The SMILES string of the molecule is O=C(O)c1c(O)c(O)c(O)c(-c2c(O)c(O)c(O)c(NC(O)(O)CNC(O)(O)C(O)c3cccc(Cl)c3)c2O)c1O. The van der Waals surface area contributed by atoms with Gasteiger partial charge in [-0.25, -0.2) is 4.79 Å². The number of phenols is 8. The molecule has 0 heterocycles. The van der Waals surface area contributed by atoms with Crippen molar-refractivity contribution in [2.24, 2.45) is 0 Å². The molecule has 0 aliphatic rings. The third-order valence-electron chi connectivity index (χ3n) is 5.72. The van der Waals surface area contributed by atoms with Crippen LogP contribution in [-0.2, 0) is 0 Å². The lowest BCUT2D eigenvalue weighted by Crippen LogP contribution is -2.57. The Kier molecular flexibility index (Phi) is 8.10. The summed E-state index contributed by atoms with van der Waals surface area (Å²) in [7, 11) is 0. The minimum atomic E-state index is -3.42. The fraction of sp³-hybridized carbons (Fsp3) is 0.174. The van der Waals surface area contributed by atoms with Crippen molar-refractivity contribution in [2.75, 3.05) is 11.9 Å². The number of aromatic carboxylic acids is 1. The van der Waals surface area contributed by atoms with Crippen LogP contribution in [0.2, 0.25) is 5.02 Å². The molecule has 18 heteroatoms. The molecule has 0 aliphatic heterocycles. The summed E-state index contributed by atoms with van der Waals surface area (Å²) in [6.45, 7) is -1.34. The van der Waals surface area contributed by atoms with E-state index in [1.165, 1.54) is 18.2 Å². The molecular formula is C23H23ClN2O15. The maximum absolute atomic E-state index is 11.5. The monoisotopic (exact) mass is 602 g/mol. The molecule has 0 fully saturated rings. The van der Waals surface area contributed by atoms with Gasteiger partial charge in [0, 0.05) is 5.02 Å². The molecule has 41 heavy (non-hydrogen) atoms. The second-order valence-corrected chi connectivity index (χ2v) is 9.01. The van der Waals surface area contributed by atoms with E-state index in [9.17, 15) is 76.3 Å². The number of hydrogen-bond acceptors (Lipinski definition) is 16. The molecule has 0 saturated heterocycles. The van der Waals surface area contributed by atoms with Crippen molar-refractivity contribution in [2.45, 2.75) is 17.9 Å². The predicted octanol–water partition coefficient (Wildman–Crippen LogP) is -0.638. The highest BCUT2D eigenvalue weighted by atomic mass is 35.5. The topological polar surface area (TPSA) is 324 Å². The van der Waals surface area contributed by atoms with Crippen LogP contribution in [0.15, 0.2) is 24.3 Å². The Hall–Kier alpha value is -4.62. The van der Waals surface area contributed by atoms with Crippen LogP contribution in [0.4, 0.5) is 5.69 Å². The molecule has 0 aromatic heterocycles. The van der Waals surface area contributed by atoms with Gasteiger partial charge in [0.25, 0.3) is 11.8 Å². The van der Waals surface area contributed by atoms with Gasteiger partial charge >= 0.3 is 5.97 Å². The highest BCUT2D eigenvalue weighted by Crippen LogP contribution is 2.60. The second kappa shape index (κ2) is 10.7. The van der Waals surface area contributed by atoms with E-state index in [0.717, 1.165) is 6.07 Å². The molecular weight excluding hydrogens is 580 g/mol. The van der Waals surface area contributed by atoms with Crippen LogP contribution in [-0.4, -0.2) is 95.8 Å². The Morgan fingerprint density at radius 3 is 1.85 bits per heavy atom. The largest absolute Gasteiger partial charge is 0.506 e. The number of carboxylic acid groups (broad SMARTS) is 1. The lowest BCUT2D eigenvalue weighted by Gasteiger charge is -2.33. The molecule has 0 spiro atoms. The maximum Gasteiger partial charge on any atom is 0.343 e. The summed E-state index contributed by atoms with van der Waals surface area (Å²) < 4.78 is 0. The fourth-order valence-corrected chi connectivity index (χ4v) is 3.89. The fourth-order valence-electron chi connectivity index (χ4n) is 3.69. The first kappa shape index (κ1) is 30.9. The van der Waals surface area contributed by atoms with Gasteiger partial charge in [-0.1, -0.05) is 23.7 Å². The minimum Gasteiger partial charge on any atom is -0.506 e. The third-order valence-corrected chi connectivity index (χ3v) is 5.96. The molecule has 16 N–H and O–H groups in total. The van der Waals surface area contributed by atoms with Crippen LogP contribution in [0.3, 0.4) is 0 Å². The first-order valence-corrected chi connectivity index (χ1v) is 11.3. The number of anilines is 1. The number of aliphatic hydroxyl groups is 5. The van der Waals surface area contributed by atoms with Crippen molar-refractivity contribution in [3.8, 4) is 57.1 Å². The normalized spacial score (nSPS) is 12.7. The Balaban J connectivity index is 2.05. The summed E-state index contributed by atoms with van der Waals surface area (Å²) in [6, 6.07) is 5.20. The number of aliphatic hydroxyl groups excluding tert-OH is 1. The van der Waals surface area contributed by atoms with Gasteiger partial charge in [0.2, 0.25) is 11.5 Å². The molecule has 3 rings (SSSR count). The van der Waals surface area contributed by atoms with Crippen LogP contribution in [0.5, 0.6) is 46.0 Å². The van der Waals surface area contributed by atoms with Crippen LogP contribution in [0, 0.1) is 0 Å². The number of nitrogens with one attached hydrogen (secondary N) is 2. The van der Waals surface area contributed by atoms with E-state index in [1.54, 1.807) is 10.6 Å². The van der Waals surface area contributed by atoms with E-state index in [0.29, 0.717) is 0 Å². The van der Waals surface area contributed by atoms with Gasteiger partial charge in [-0.15, -0.1) is 0 Å². The lowest BCUT2D eigenvalue weighted by atomic mass is 9.95.